The highest BCUT2D eigenvalue weighted by atomic mass is 16.6. The van der Waals surface area contributed by atoms with Crippen molar-refractivity contribution in [3.63, 3.8) is 0 Å². The van der Waals surface area contributed by atoms with E-state index < -0.39 is 0 Å². The lowest BCUT2D eigenvalue weighted by molar-refractivity contribution is -0.442. The van der Waals surface area contributed by atoms with E-state index in [1.165, 1.54) is 33.9 Å². The first kappa shape index (κ1) is 51.2. The van der Waals surface area contributed by atoms with Gasteiger partial charge in [0, 0.05) is 60.6 Å². The number of allylic oxidation sites excluding steroid dienone is 6. The molecule has 2 aliphatic heterocycles. The second-order valence-corrected chi connectivity index (χ2v) is 17.4. The van der Waals surface area contributed by atoms with Gasteiger partial charge in [-0.3, -0.25) is 4.79 Å². The van der Waals surface area contributed by atoms with Crippen LogP contribution in [0.3, 0.4) is 0 Å². The van der Waals surface area contributed by atoms with E-state index in [1.807, 2.05) is 0 Å². The molecule has 2 heterocycles. The molecule has 0 saturated heterocycles. The number of hydrogen-bond acceptors (Lipinski definition) is 11. The lowest BCUT2D eigenvalue weighted by Gasteiger charge is -2.27. The molecule has 0 radical (unpaired) electrons. The third-order valence-electron chi connectivity index (χ3n) is 12.1. The molecule has 1 aliphatic carbocycles. The molecule has 354 valence electrons. The molecule has 5 rings (SSSR count). The Balaban J connectivity index is 1.02. The van der Waals surface area contributed by atoms with E-state index in [9.17, 15) is 9.90 Å². The van der Waals surface area contributed by atoms with Gasteiger partial charge < -0.3 is 53.2 Å². The molecule has 2 aromatic carbocycles. The molecule has 0 bridgehead atoms. The number of nitrogens with zero attached hydrogens (tertiary/aromatic N) is 2. The molecule has 1 saturated carbocycles. The molecule has 3 aliphatic rings. The fourth-order valence-corrected chi connectivity index (χ4v) is 8.56. The fourth-order valence-electron chi connectivity index (χ4n) is 8.56. The zero-order valence-corrected chi connectivity index (χ0v) is 39.2. The van der Waals surface area contributed by atoms with Crippen LogP contribution in [-0.4, -0.2) is 153 Å². The maximum Gasteiger partial charge on any atom is 0.222 e. The second-order valence-electron chi connectivity index (χ2n) is 17.4. The van der Waals surface area contributed by atoms with Gasteiger partial charge in [-0.1, -0.05) is 68.5 Å². The number of carbonyl (C=O) groups is 1. The summed E-state index contributed by atoms with van der Waals surface area (Å²) in [5.74, 6) is -0.00286. The van der Waals surface area contributed by atoms with E-state index in [4.69, 9.17) is 37.9 Å². The fraction of sp³-hybridized carbons (Fsp3) is 0.608. The summed E-state index contributed by atoms with van der Waals surface area (Å²) in [6.45, 7) is 18.3. The standard InChI is InChI=1S/C51H75N3O10/c1-50(2)43-13-9-11-15-45(43)53(24-27-59-32-35-63-38-37-61-30-29-57-5)47(50)17-7-6-8-18-48-51(3,4)44-14-10-12-16-46(44)54(48)25-28-60-33-36-64-40-39-62-34-31-58-26-23-49(56)52-41-19-21-42(55)22-20-41/h6-18,41-42,55H,19-40H2,1-5H3/p+1. The van der Waals surface area contributed by atoms with Gasteiger partial charge in [0.25, 0.3) is 0 Å². The number of hydrogen-bond donors (Lipinski definition) is 2. The van der Waals surface area contributed by atoms with Crippen molar-refractivity contribution in [2.45, 2.75) is 82.8 Å². The number of methoxy groups -OCH3 is 1. The summed E-state index contributed by atoms with van der Waals surface area (Å²) in [4.78, 5) is 14.5. The van der Waals surface area contributed by atoms with Gasteiger partial charge in [-0.25, -0.2) is 0 Å². The topological polar surface area (TPSA) is 129 Å². The van der Waals surface area contributed by atoms with Crippen LogP contribution in [0.4, 0.5) is 11.4 Å². The summed E-state index contributed by atoms with van der Waals surface area (Å²) in [6.07, 6.45) is 14.2. The minimum atomic E-state index is -0.226. The normalized spacial score (nSPS) is 19.7. The highest BCUT2D eigenvalue weighted by Gasteiger charge is 2.44. The number of rotatable bonds is 31. The number of para-hydroxylation sites is 2. The maximum atomic E-state index is 12.1. The van der Waals surface area contributed by atoms with Crippen molar-refractivity contribution in [2.75, 3.05) is 124 Å². The summed E-state index contributed by atoms with van der Waals surface area (Å²) < 4.78 is 47.4. The van der Waals surface area contributed by atoms with Crippen molar-refractivity contribution < 1.29 is 52.4 Å². The van der Waals surface area contributed by atoms with Crippen molar-refractivity contribution in [2.24, 2.45) is 0 Å². The van der Waals surface area contributed by atoms with E-state index in [-0.39, 0.29) is 28.9 Å². The number of anilines is 1. The van der Waals surface area contributed by atoms with E-state index >= 15 is 0 Å². The van der Waals surface area contributed by atoms with Crippen molar-refractivity contribution in [1.29, 1.82) is 0 Å². The average Bonchev–Trinajstić information content (AvgIpc) is 3.64. The molecule has 13 heteroatoms. The second kappa shape index (κ2) is 27.7. The molecular formula is C51H76N3O10+. The Labute approximate surface area is 382 Å². The molecule has 0 spiro atoms. The average molecular weight is 891 g/mol. The highest BCUT2D eigenvalue weighted by Crippen LogP contribution is 2.47. The van der Waals surface area contributed by atoms with E-state index in [0.717, 1.165) is 38.8 Å². The number of aliphatic hydroxyl groups excluding tert-OH is 1. The predicted molar refractivity (Wildman–Crippen MR) is 251 cm³/mol. The van der Waals surface area contributed by atoms with Gasteiger partial charge in [-0.2, -0.15) is 4.58 Å². The summed E-state index contributed by atoms with van der Waals surface area (Å²) >= 11 is 0. The number of aliphatic hydroxyl groups is 1. The van der Waals surface area contributed by atoms with Crippen LogP contribution in [0.15, 0.2) is 84.6 Å². The minimum Gasteiger partial charge on any atom is -0.393 e. The van der Waals surface area contributed by atoms with E-state index in [0.29, 0.717) is 106 Å². The Bertz CT molecular complexity index is 1820. The highest BCUT2D eigenvalue weighted by molar-refractivity contribution is 6.03. The molecule has 0 aromatic heterocycles. The molecule has 0 atom stereocenters. The number of nitrogens with one attached hydrogen (secondary N) is 1. The van der Waals surface area contributed by atoms with Gasteiger partial charge in [0.1, 0.15) is 6.61 Å². The number of ether oxygens (including phenoxy) is 8. The van der Waals surface area contributed by atoms with Crippen LogP contribution in [0.25, 0.3) is 0 Å². The molecule has 13 nitrogen and oxygen atoms in total. The lowest BCUT2D eigenvalue weighted by atomic mass is 9.81. The Hall–Kier alpha value is -3.76. The first-order chi connectivity index (χ1) is 31.1. The minimum absolute atomic E-state index is 0.00286. The van der Waals surface area contributed by atoms with Crippen molar-refractivity contribution >= 4 is 23.0 Å². The summed E-state index contributed by atoms with van der Waals surface area (Å²) in [7, 11) is 1.66. The summed E-state index contributed by atoms with van der Waals surface area (Å²) in [5.41, 5.74) is 7.19. The monoisotopic (exact) mass is 891 g/mol. The van der Waals surface area contributed by atoms with Crippen molar-refractivity contribution in [1.82, 2.24) is 5.32 Å². The van der Waals surface area contributed by atoms with Crippen molar-refractivity contribution in [3.8, 4) is 0 Å². The lowest BCUT2D eigenvalue weighted by Crippen LogP contribution is -2.38. The van der Waals surface area contributed by atoms with E-state index in [1.54, 1.807) is 7.11 Å². The first-order valence-electron chi connectivity index (χ1n) is 23.3. The number of carbonyl (C=O) groups excluding carboxylic acids is 1. The molecule has 2 aromatic rings. The third kappa shape index (κ3) is 15.7. The van der Waals surface area contributed by atoms with Crippen LogP contribution >= 0.6 is 0 Å². The van der Waals surface area contributed by atoms with Gasteiger partial charge in [-0.05, 0) is 57.2 Å². The number of benzene rings is 2. The van der Waals surface area contributed by atoms with Gasteiger partial charge in [-0.15, -0.1) is 0 Å². The maximum absolute atomic E-state index is 12.1. The largest absolute Gasteiger partial charge is 0.393 e. The summed E-state index contributed by atoms with van der Waals surface area (Å²) in [5, 5.41) is 12.7. The Morgan fingerprint density at radius 1 is 0.672 bits per heavy atom. The quantitative estimate of drug-likeness (QED) is 0.0494. The summed E-state index contributed by atoms with van der Waals surface area (Å²) in [6, 6.07) is 17.5. The van der Waals surface area contributed by atoms with Crippen LogP contribution in [0.2, 0.25) is 0 Å². The van der Waals surface area contributed by atoms with Crippen LogP contribution in [0.5, 0.6) is 0 Å². The van der Waals surface area contributed by atoms with Gasteiger partial charge in [0.2, 0.25) is 11.6 Å². The zero-order valence-electron chi connectivity index (χ0n) is 39.2. The van der Waals surface area contributed by atoms with Crippen LogP contribution < -0.4 is 10.2 Å². The van der Waals surface area contributed by atoms with Crippen LogP contribution in [-0.2, 0) is 53.5 Å². The Morgan fingerprint density at radius 2 is 1.22 bits per heavy atom. The molecule has 1 amide bonds. The molecular weight excluding hydrogens is 815 g/mol. The molecule has 2 N–H and O–H groups in total. The predicted octanol–water partition coefficient (Wildman–Crippen LogP) is 6.43. The number of amides is 1. The van der Waals surface area contributed by atoms with Gasteiger partial charge >= 0.3 is 0 Å². The molecule has 64 heavy (non-hydrogen) atoms. The Morgan fingerprint density at radius 3 is 1.86 bits per heavy atom. The third-order valence-corrected chi connectivity index (χ3v) is 12.1. The number of fused-ring (bicyclic) bond motifs is 2. The van der Waals surface area contributed by atoms with Crippen LogP contribution in [0.1, 0.15) is 70.9 Å². The molecule has 0 unspecified atom stereocenters. The molecule has 1 fully saturated rings. The van der Waals surface area contributed by atoms with Crippen LogP contribution in [0, 0.1) is 0 Å². The SMILES string of the molecule is COCCOCCOCCOCC[N+]1=C(/C=C/C=C/C=C2N(CCOCCOCCOCCOCCC(=O)NC3CCC(O)CC3)c3ccccc3C2(C)C)C(C)(C)c2ccccc21. The van der Waals surface area contributed by atoms with E-state index in [2.05, 4.69) is 121 Å². The zero-order chi connectivity index (χ0) is 45.5. The van der Waals surface area contributed by atoms with Gasteiger partial charge in [0.05, 0.1) is 104 Å². The first-order valence-corrected chi connectivity index (χ1v) is 23.3. The van der Waals surface area contributed by atoms with Gasteiger partial charge in [0.15, 0.2) is 12.3 Å². The Kier molecular flexibility index (Phi) is 22.1. The smallest absolute Gasteiger partial charge is 0.222 e. The van der Waals surface area contributed by atoms with Crippen molar-refractivity contribution in [3.05, 3.63) is 95.7 Å².